The Morgan fingerprint density at radius 3 is 2.58 bits per heavy atom. The summed E-state index contributed by atoms with van der Waals surface area (Å²) < 4.78 is 0. The predicted octanol–water partition coefficient (Wildman–Crippen LogP) is 3.70. The first kappa shape index (κ1) is 17.0. The Labute approximate surface area is 123 Å². The summed E-state index contributed by atoms with van der Waals surface area (Å²) in [6, 6.07) is 0.554. The van der Waals surface area contributed by atoms with Crippen molar-refractivity contribution >= 4 is 17.5 Å². The Balaban J connectivity index is 2.57. The molecule has 0 aromatic heterocycles. The van der Waals surface area contributed by atoms with Crippen molar-refractivity contribution in [1.29, 1.82) is 0 Å². The smallest absolute Gasteiger partial charge is 0.137 e. The standard InChI is InChI=1S/C16H31NOS/c1-12(11-19-6)17(5)10-13-9-14(16(2,3)4)7-8-15(13)18/h12-14H,7-11H2,1-6H3. The Morgan fingerprint density at radius 1 is 1.42 bits per heavy atom. The molecule has 19 heavy (non-hydrogen) atoms. The van der Waals surface area contributed by atoms with E-state index in [1.165, 1.54) is 0 Å². The molecule has 0 saturated heterocycles. The maximum absolute atomic E-state index is 12.2. The molecule has 0 spiro atoms. The molecule has 3 atom stereocenters. The van der Waals surface area contributed by atoms with Crippen LogP contribution in [-0.4, -0.2) is 42.3 Å². The molecular formula is C16H31NOS. The van der Waals surface area contributed by atoms with Crippen LogP contribution in [0.3, 0.4) is 0 Å². The fraction of sp³-hybridized carbons (Fsp3) is 0.938. The second-order valence-corrected chi connectivity index (χ2v) is 8.16. The van der Waals surface area contributed by atoms with Gasteiger partial charge in [-0.15, -0.1) is 0 Å². The van der Waals surface area contributed by atoms with Gasteiger partial charge in [0, 0.05) is 30.7 Å². The van der Waals surface area contributed by atoms with Gasteiger partial charge in [-0.2, -0.15) is 11.8 Å². The van der Waals surface area contributed by atoms with E-state index in [1.807, 2.05) is 11.8 Å². The Hall–Kier alpha value is -0.0200. The van der Waals surface area contributed by atoms with Crippen LogP contribution in [0.25, 0.3) is 0 Å². The molecule has 0 heterocycles. The summed E-state index contributed by atoms with van der Waals surface area (Å²) in [6.07, 6.45) is 5.10. The lowest BCUT2D eigenvalue weighted by atomic mass is 9.68. The summed E-state index contributed by atoms with van der Waals surface area (Å²) in [5.41, 5.74) is 0.336. The number of hydrogen-bond donors (Lipinski definition) is 0. The van der Waals surface area contributed by atoms with Crippen molar-refractivity contribution in [1.82, 2.24) is 4.90 Å². The Bertz CT molecular complexity index is 298. The van der Waals surface area contributed by atoms with Crippen LogP contribution in [0.4, 0.5) is 0 Å². The van der Waals surface area contributed by atoms with Crippen LogP contribution in [0.1, 0.15) is 47.0 Å². The van der Waals surface area contributed by atoms with Crippen LogP contribution in [0.5, 0.6) is 0 Å². The Kier molecular flexibility index (Phi) is 6.38. The molecule has 0 aromatic rings. The second-order valence-electron chi connectivity index (χ2n) is 7.24. The molecule has 3 heteroatoms. The highest BCUT2D eigenvalue weighted by Crippen LogP contribution is 2.39. The first-order valence-electron chi connectivity index (χ1n) is 7.47. The van der Waals surface area contributed by atoms with Crippen molar-refractivity contribution in [2.45, 2.75) is 53.0 Å². The molecule has 1 saturated carbocycles. The highest BCUT2D eigenvalue weighted by atomic mass is 32.2. The van der Waals surface area contributed by atoms with E-state index in [0.29, 0.717) is 23.2 Å². The minimum absolute atomic E-state index is 0.257. The molecule has 1 aliphatic carbocycles. The predicted molar refractivity (Wildman–Crippen MR) is 85.8 cm³/mol. The van der Waals surface area contributed by atoms with Gasteiger partial charge < -0.3 is 4.90 Å². The summed E-state index contributed by atoms with van der Waals surface area (Å²) in [7, 11) is 2.16. The lowest BCUT2D eigenvalue weighted by Crippen LogP contribution is -2.41. The SMILES string of the molecule is CSCC(C)N(C)CC1CC(C(C)(C)C)CCC1=O. The fourth-order valence-electron chi connectivity index (χ4n) is 2.97. The van der Waals surface area contributed by atoms with Crippen LogP contribution in [0.15, 0.2) is 0 Å². The molecule has 1 aliphatic rings. The summed E-state index contributed by atoms with van der Waals surface area (Å²) >= 11 is 1.88. The first-order valence-corrected chi connectivity index (χ1v) is 8.87. The molecule has 112 valence electrons. The molecule has 0 bridgehead atoms. The molecule has 0 N–H and O–H groups in total. The number of carbonyl (C=O) groups excluding carboxylic acids is 1. The monoisotopic (exact) mass is 285 g/mol. The fourth-order valence-corrected chi connectivity index (χ4v) is 3.71. The van der Waals surface area contributed by atoms with Crippen molar-refractivity contribution in [2.24, 2.45) is 17.3 Å². The lowest BCUT2D eigenvalue weighted by Gasteiger charge is -2.38. The highest BCUT2D eigenvalue weighted by molar-refractivity contribution is 7.98. The zero-order valence-electron chi connectivity index (χ0n) is 13.5. The third kappa shape index (κ3) is 5.11. The average Bonchev–Trinajstić information content (AvgIpc) is 2.30. The zero-order valence-corrected chi connectivity index (χ0v) is 14.3. The molecule has 0 aromatic carbocycles. The molecule has 1 fully saturated rings. The van der Waals surface area contributed by atoms with Crippen molar-refractivity contribution in [2.75, 3.05) is 25.6 Å². The quantitative estimate of drug-likeness (QED) is 0.768. The topological polar surface area (TPSA) is 20.3 Å². The van der Waals surface area contributed by atoms with Gasteiger partial charge in [-0.25, -0.2) is 0 Å². The maximum atomic E-state index is 12.2. The Morgan fingerprint density at radius 2 is 2.05 bits per heavy atom. The van der Waals surface area contributed by atoms with Crippen molar-refractivity contribution in [3.8, 4) is 0 Å². The van der Waals surface area contributed by atoms with Gasteiger partial charge in [-0.1, -0.05) is 20.8 Å². The van der Waals surface area contributed by atoms with E-state index in [0.717, 1.165) is 31.6 Å². The van der Waals surface area contributed by atoms with Crippen LogP contribution >= 0.6 is 11.8 Å². The molecule has 2 nitrogen and oxygen atoms in total. The number of carbonyl (C=O) groups is 1. The van der Waals surface area contributed by atoms with E-state index in [9.17, 15) is 4.79 Å². The molecule has 0 radical (unpaired) electrons. The van der Waals surface area contributed by atoms with E-state index in [4.69, 9.17) is 0 Å². The maximum Gasteiger partial charge on any atom is 0.137 e. The minimum Gasteiger partial charge on any atom is -0.302 e. The number of hydrogen-bond acceptors (Lipinski definition) is 3. The average molecular weight is 285 g/mol. The number of ketones is 1. The molecule has 1 rings (SSSR count). The number of nitrogens with zero attached hydrogens (tertiary/aromatic N) is 1. The van der Waals surface area contributed by atoms with E-state index in [2.05, 4.69) is 45.9 Å². The summed E-state index contributed by atoms with van der Waals surface area (Å²) in [4.78, 5) is 14.5. The number of rotatable bonds is 5. The van der Waals surface area contributed by atoms with Gasteiger partial charge in [-0.05, 0) is 44.4 Å². The lowest BCUT2D eigenvalue weighted by molar-refractivity contribution is -0.127. The summed E-state index contributed by atoms with van der Waals surface area (Å²) in [5.74, 6) is 2.58. The third-order valence-corrected chi connectivity index (χ3v) is 5.47. The normalized spacial score (nSPS) is 26.8. The van der Waals surface area contributed by atoms with Crippen LogP contribution in [0, 0.1) is 17.3 Å². The van der Waals surface area contributed by atoms with Crippen LogP contribution < -0.4 is 0 Å². The van der Waals surface area contributed by atoms with Crippen molar-refractivity contribution in [3.63, 3.8) is 0 Å². The van der Waals surface area contributed by atoms with Crippen molar-refractivity contribution < 1.29 is 4.79 Å². The van der Waals surface area contributed by atoms with Gasteiger partial charge in [0.25, 0.3) is 0 Å². The van der Waals surface area contributed by atoms with Crippen LogP contribution in [0.2, 0.25) is 0 Å². The number of thioether (sulfide) groups is 1. The van der Waals surface area contributed by atoms with Gasteiger partial charge in [0.1, 0.15) is 5.78 Å². The zero-order chi connectivity index (χ0) is 14.6. The van der Waals surface area contributed by atoms with Gasteiger partial charge >= 0.3 is 0 Å². The first-order chi connectivity index (χ1) is 8.75. The molecule has 0 amide bonds. The minimum atomic E-state index is 0.257. The molecule has 3 unspecified atom stereocenters. The molecule has 0 aliphatic heterocycles. The number of Topliss-reactive ketones (excluding diaryl/α,β-unsaturated/α-hetero) is 1. The highest BCUT2D eigenvalue weighted by Gasteiger charge is 2.35. The van der Waals surface area contributed by atoms with Gasteiger partial charge in [0.05, 0.1) is 0 Å². The van der Waals surface area contributed by atoms with Crippen molar-refractivity contribution in [3.05, 3.63) is 0 Å². The molecular weight excluding hydrogens is 254 g/mol. The van der Waals surface area contributed by atoms with E-state index >= 15 is 0 Å². The third-order valence-electron chi connectivity index (χ3n) is 4.66. The van der Waals surface area contributed by atoms with Gasteiger partial charge in [0.2, 0.25) is 0 Å². The largest absolute Gasteiger partial charge is 0.302 e. The van der Waals surface area contributed by atoms with E-state index < -0.39 is 0 Å². The van der Waals surface area contributed by atoms with Gasteiger partial charge in [-0.3, -0.25) is 4.79 Å². The second kappa shape index (κ2) is 7.12. The van der Waals surface area contributed by atoms with E-state index in [-0.39, 0.29) is 5.92 Å². The van der Waals surface area contributed by atoms with Crippen LogP contribution in [-0.2, 0) is 4.79 Å². The van der Waals surface area contributed by atoms with E-state index in [1.54, 1.807) is 0 Å². The van der Waals surface area contributed by atoms with Gasteiger partial charge in [0.15, 0.2) is 0 Å². The summed E-state index contributed by atoms with van der Waals surface area (Å²) in [5, 5.41) is 0. The summed E-state index contributed by atoms with van der Waals surface area (Å²) in [6.45, 7) is 10.1.